The highest BCUT2D eigenvalue weighted by molar-refractivity contribution is 5.98. The first-order chi connectivity index (χ1) is 12.5. The van der Waals surface area contributed by atoms with Crippen molar-refractivity contribution in [2.24, 2.45) is 11.3 Å². The number of hydroxylamine groups is 1. The first kappa shape index (κ1) is 18.6. The lowest BCUT2D eigenvalue weighted by Gasteiger charge is -2.29. The molecule has 1 heterocycles. The van der Waals surface area contributed by atoms with Gasteiger partial charge in [0, 0.05) is 5.57 Å². The molecule has 5 nitrogen and oxygen atoms in total. The Balaban J connectivity index is 1.83. The maximum absolute atomic E-state index is 13.2. The summed E-state index contributed by atoms with van der Waals surface area (Å²) >= 11 is 0. The van der Waals surface area contributed by atoms with Crippen LogP contribution in [0, 0.1) is 11.3 Å². The number of ether oxygens (including phenoxy) is 1. The van der Waals surface area contributed by atoms with Crippen LogP contribution in [0.15, 0.2) is 42.5 Å². The first-order valence-electron chi connectivity index (χ1n) is 9.38. The molecule has 1 amide bonds. The molecule has 1 aliphatic heterocycles. The predicted molar refractivity (Wildman–Crippen MR) is 99.3 cm³/mol. The molecular formula is C21H27NO4. The van der Waals surface area contributed by atoms with Gasteiger partial charge in [0.2, 0.25) is 0 Å². The van der Waals surface area contributed by atoms with Crippen molar-refractivity contribution in [3.05, 3.63) is 42.5 Å². The molecule has 2 fully saturated rings. The Bertz CT molecular complexity index is 687. The summed E-state index contributed by atoms with van der Waals surface area (Å²) < 4.78 is 5.07. The van der Waals surface area contributed by atoms with Crippen molar-refractivity contribution >= 4 is 17.6 Å². The Morgan fingerprint density at radius 2 is 2.08 bits per heavy atom. The molecule has 3 rings (SSSR count). The van der Waals surface area contributed by atoms with Gasteiger partial charge in [-0.1, -0.05) is 37.6 Å². The van der Waals surface area contributed by atoms with Crippen LogP contribution in [0.2, 0.25) is 0 Å². The zero-order chi connectivity index (χ0) is 18.7. The summed E-state index contributed by atoms with van der Waals surface area (Å²) in [5, 5.41) is 1.44. The molecule has 26 heavy (non-hydrogen) atoms. The van der Waals surface area contributed by atoms with Crippen LogP contribution in [0.25, 0.3) is 0 Å². The zero-order valence-corrected chi connectivity index (χ0v) is 15.6. The monoisotopic (exact) mass is 357 g/mol. The van der Waals surface area contributed by atoms with E-state index in [-0.39, 0.29) is 23.9 Å². The molecule has 0 spiro atoms. The third-order valence-corrected chi connectivity index (χ3v) is 5.53. The summed E-state index contributed by atoms with van der Waals surface area (Å²) in [6.45, 7) is 8.01. The van der Waals surface area contributed by atoms with Crippen LogP contribution in [0.1, 0.15) is 46.0 Å². The molecule has 0 bridgehead atoms. The maximum Gasteiger partial charge on any atom is 0.333 e. The van der Waals surface area contributed by atoms with Gasteiger partial charge in [0.25, 0.3) is 5.91 Å². The van der Waals surface area contributed by atoms with Crippen LogP contribution in [-0.2, 0) is 19.2 Å². The molecule has 1 aromatic rings. The van der Waals surface area contributed by atoms with E-state index in [9.17, 15) is 9.59 Å². The number of carbonyl (C=O) groups is 2. The van der Waals surface area contributed by atoms with Crippen molar-refractivity contribution in [1.29, 1.82) is 0 Å². The number of nitrogens with zero attached hydrogens (tertiary/aromatic N) is 1. The Hall–Kier alpha value is -2.14. The minimum absolute atomic E-state index is 0.00217. The summed E-state index contributed by atoms with van der Waals surface area (Å²) in [5.74, 6) is -0.290. The van der Waals surface area contributed by atoms with E-state index in [1.165, 1.54) is 5.06 Å². The highest BCUT2D eigenvalue weighted by atomic mass is 16.7. The van der Waals surface area contributed by atoms with Gasteiger partial charge in [-0.15, -0.1) is 0 Å². The van der Waals surface area contributed by atoms with Gasteiger partial charge < -0.3 is 4.74 Å². The zero-order valence-electron chi connectivity index (χ0n) is 15.6. The van der Waals surface area contributed by atoms with Crippen molar-refractivity contribution in [2.75, 3.05) is 11.7 Å². The van der Waals surface area contributed by atoms with Gasteiger partial charge in [0.15, 0.2) is 0 Å². The van der Waals surface area contributed by atoms with E-state index in [4.69, 9.17) is 9.57 Å². The van der Waals surface area contributed by atoms with E-state index in [1.54, 1.807) is 6.92 Å². The lowest BCUT2D eigenvalue weighted by Crippen LogP contribution is -2.38. The molecular weight excluding hydrogens is 330 g/mol. The van der Waals surface area contributed by atoms with E-state index in [1.807, 2.05) is 37.3 Å². The number of benzene rings is 1. The van der Waals surface area contributed by atoms with E-state index >= 15 is 0 Å². The molecule has 1 saturated carbocycles. The van der Waals surface area contributed by atoms with Crippen molar-refractivity contribution in [3.8, 4) is 0 Å². The van der Waals surface area contributed by atoms with Crippen LogP contribution in [-0.4, -0.2) is 24.6 Å². The van der Waals surface area contributed by atoms with Gasteiger partial charge in [-0.25, -0.2) is 4.79 Å². The summed E-state index contributed by atoms with van der Waals surface area (Å²) in [7, 11) is 0. The molecule has 3 atom stereocenters. The van der Waals surface area contributed by atoms with Gasteiger partial charge in [0.05, 0.1) is 17.7 Å². The van der Waals surface area contributed by atoms with E-state index < -0.39 is 5.41 Å². The highest BCUT2D eigenvalue weighted by Gasteiger charge is 2.56. The minimum Gasteiger partial charge on any atom is -0.463 e. The SMILES string of the molecule is C=C(CC1CCCC[C@@]2(C)C(=O)N(c3ccccc3)OC12)C(=O)OCC. The van der Waals surface area contributed by atoms with E-state index in [0.717, 1.165) is 31.4 Å². The van der Waals surface area contributed by atoms with Gasteiger partial charge >= 0.3 is 5.97 Å². The number of hydrogen-bond donors (Lipinski definition) is 0. The summed E-state index contributed by atoms with van der Waals surface area (Å²) in [4.78, 5) is 31.3. The molecule has 5 heteroatoms. The molecule has 0 N–H and O–H groups in total. The van der Waals surface area contributed by atoms with Gasteiger partial charge in [-0.3, -0.25) is 9.63 Å². The van der Waals surface area contributed by atoms with Gasteiger partial charge in [0.1, 0.15) is 6.10 Å². The quantitative estimate of drug-likeness (QED) is 0.589. The smallest absolute Gasteiger partial charge is 0.333 e. The van der Waals surface area contributed by atoms with Crippen molar-refractivity contribution in [1.82, 2.24) is 0 Å². The minimum atomic E-state index is -0.577. The number of fused-ring (bicyclic) bond motifs is 1. The Kier molecular flexibility index (Phi) is 5.47. The second-order valence-electron chi connectivity index (χ2n) is 7.41. The van der Waals surface area contributed by atoms with Crippen molar-refractivity contribution in [3.63, 3.8) is 0 Å². The number of anilines is 1. The number of amides is 1. The summed E-state index contributed by atoms with van der Waals surface area (Å²) in [6, 6.07) is 9.44. The molecule has 2 unspecified atom stereocenters. The van der Waals surface area contributed by atoms with Crippen LogP contribution >= 0.6 is 0 Å². The third-order valence-electron chi connectivity index (χ3n) is 5.53. The fourth-order valence-electron chi connectivity index (χ4n) is 4.12. The van der Waals surface area contributed by atoms with Gasteiger partial charge in [-0.2, -0.15) is 5.06 Å². The Labute approximate surface area is 154 Å². The van der Waals surface area contributed by atoms with Crippen LogP contribution in [0.3, 0.4) is 0 Å². The number of rotatable bonds is 5. The molecule has 1 aromatic carbocycles. The molecule has 1 aliphatic carbocycles. The molecule has 0 radical (unpaired) electrons. The molecule has 0 aromatic heterocycles. The summed E-state index contributed by atoms with van der Waals surface area (Å²) in [5.41, 5.74) is 0.622. The molecule has 2 aliphatic rings. The van der Waals surface area contributed by atoms with Crippen molar-refractivity contribution in [2.45, 2.75) is 52.1 Å². The average Bonchev–Trinajstić information content (AvgIpc) is 2.79. The maximum atomic E-state index is 13.2. The number of para-hydroxylation sites is 1. The Morgan fingerprint density at radius 3 is 2.77 bits per heavy atom. The number of hydrogen-bond acceptors (Lipinski definition) is 4. The highest BCUT2D eigenvalue weighted by Crippen LogP contribution is 2.48. The third kappa shape index (κ3) is 3.40. The number of esters is 1. The Morgan fingerprint density at radius 1 is 1.35 bits per heavy atom. The largest absolute Gasteiger partial charge is 0.463 e. The molecule has 140 valence electrons. The molecule has 1 saturated heterocycles. The first-order valence-corrected chi connectivity index (χ1v) is 9.38. The van der Waals surface area contributed by atoms with E-state index in [2.05, 4.69) is 6.58 Å². The van der Waals surface area contributed by atoms with E-state index in [0.29, 0.717) is 18.6 Å². The normalized spacial score (nSPS) is 28.4. The lowest BCUT2D eigenvalue weighted by atomic mass is 9.75. The predicted octanol–water partition coefficient (Wildman–Crippen LogP) is 4.04. The van der Waals surface area contributed by atoms with Crippen LogP contribution in [0.4, 0.5) is 5.69 Å². The second kappa shape index (κ2) is 7.62. The fourth-order valence-corrected chi connectivity index (χ4v) is 4.12. The van der Waals surface area contributed by atoms with Crippen molar-refractivity contribution < 1.29 is 19.2 Å². The topological polar surface area (TPSA) is 55.8 Å². The summed E-state index contributed by atoms with van der Waals surface area (Å²) in [6.07, 6.45) is 3.94. The number of carbonyl (C=O) groups excluding carboxylic acids is 2. The average molecular weight is 357 g/mol. The van der Waals surface area contributed by atoms with Crippen LogP contribution in [0.5, 0.6) is 0 Å². The second-order valence-corrected chi connectivity index (χ2v) is 7.41. The standard InChI is InChI=1S/C21H27NO4/c1-4-25-19(23)15(2)14-16-10-8-9-13-21(3)18(16)26-22(20(21)24)17-11-6-5-7-12-17/h5-7,11-12,16,18H,2,4,8-10,13-14H2,1,3H3/t16?,18?,21-/m1/s1. The van der Waals surface area contributed by atoms with Crippen LogP contribution < -0.4 is 5.06 Å². The lowest BCUT2D eigenvalue weighted by molar-refractivity contribution is -0.138. The van der Waals surface area contributed by atoms with Gasteiger partial charge in [-0.05, 0) is 51.2 Å². The fraction of sp³-hybridized carbons (Fsp3) is 0.524.